The van der Waals surface area contributed by atoms with Crippen molar-refractivity contribution in [2.45, 2.75) is 27.7 Å². The molecule has 0 saturated heterocycles. The largest absolute Gasteiger partial charge is 0.368 e. The molecule has 1 aromatic rings. The molecular formula is C11H18ClN5. The molecule has 1 fully saturated rings. The van der Waals surface area contributed by atoms with E-state index in [0.29, 0.717) is 22.7 Å². The van der Waals surface area contributed by atoms with E-state index in [1.54, 1.807) is 0 Å². The van der Waals surface area contributed by atoms with Crippen LogP contribution in [0.3, 0.4) is 0 Å². The van der Waals surface area contributed by atoms with Crippen molar-refractivity contribution < 1.29 is 0 Å². The molecule has 1 saturated carbocycles. The average Bonchev–Trinajstić information content (AvgIpc) is 2.53. The number of nitrogens with one attached hydrogen (secondary N) is 1. The Hall–Kier alpha value is -1.10. The highest BCUT2D eigenvalue weighted by atomic mass is 35.5. The first kappa shape index (κ1) is 12.4. The first-order valence-electron chi connectivity index (χ1n) is 5.66. The van der Waals surface area contributed by atoms with Crippen LogP contribution in [0.15, 0.2) is 0 Å². The Morgan fingerprint density at radius 2 is 1.76 bits per heavy atom. The zero-order valence-corrected chi connectivity index (χ0v) is 11.3. The van der Waals surface area contributed by atoms with E-state index in [4.69, 9.17) is 17.3 Å². The van der Waals surface area contributed by atoms with Crippen LogP contribution < -0.4 is 11.1 Å². The third kappa shape index (κ3) is 2.04. The van der Waals surface area contributed by atoms with E-state index in [-0.39, 0.29) is 11.2 Å². The summed E-state index contributed by atoms with van der Waals surface area (Å²) in [6.45, 7) is 9.91. The summed E-state index contributed by atoms with van der Waals surface area (Å²) in [5, 5.41) is 3.29. The van der Waals surface area contributed by atoms with Gasteiger partial charge in [0.25, 0.3) is 0 Å². The second-order valence-electron chi connectivity index (χ2n) is 5.66. The molecule has 3 N–H and O–H groups in total. The van der Waals surface area contributed by atoms with Crippen LogP contribution in [0.1, 0.15) is 27.7 Å². The van der Waals surface area contributed by atoms with Crippen LogP contribution in [0.5, 0.6) is 0 Å². The van der Waals surface area contributed by atoms with Gasteiger partial charge in [0, 0.05) is 6.54 Å². The van der Waals surface area contributed by atoms with Gasteiger partial charge >= 0.3 is 0 Å². The van der Waals surface area contributed by atoms with E-state index >= 15 is 0 Å². The third-order valence-corrected chi connectivity index (χ3v) is 4.58. The molecule has 17 heavy (non-hydrogen) atoms. The molecule has 0 aromatic carbocycles. The lowest BCUT2D eigenvalue weighted by atomic mass is 10.0. The van der Waals surface area contributed by atoms with Crippen molar-refractivity contribution in [2.24, 2.45) is 16.7 Å². The lowest BCUT2D eigenvalue weighted by Crippen LogP contribution is -2.12. The van der Waals surface area contributed by atoms with Gasteiger partial charge in [-0.3, -0.25) is 0 Å². The van der Waals surface area contributed by atoms with Gasteiger partial charge in [0.1, 0.15) is 0 Å². The summed E-state index contributed by atoms with van der Waals surface area (Å²) >= 11 is 5.71. The number of anilines is 2. The SMILES string of the molecule is CC1(C)C(CNc2nc(N)nc(Cl)n2)C1(C)C. The summed E-state index contributed by atoms with van der Waals surface area (Å²) in [6, 6.07) is 0. The van der Waals surface area contributed by atoms with Crippen molar-refractivity contribution in [2.75, 3.05) is 17.6 Å². The van der Waals surface area contributed by atoms with Gasteiger partial charge in [-0.05, 0) is 28.3 Å². The van der Waals surface area contributed by atoms with E-state index in [0.717, 1.165) is 6.54 Å². The van der Waals surface area contributed by atoms with Crippen LogP contribution in [0, 0.1) is 16.7 Å². The monoisotopic (exact) mass is 255 g/mol. The summed E-state index contributed by atoms with van der Waals surface area (Å²) < 4.78 is 0. The van der Waals surface area contributed by atoms with Gasteiger partial charge in [-0.25, -0.2) is 0 Å². The maximum absolute atomic E-state index is 5.71. The molecule has 1 aromatic heterocycles. The van der Waals surface area contributed by atoms with Gasteiger partial charge in [-0.2, -0.15) is 15.0 Å². The maximum atomic E-state index is 5.71. The third-order valence-electron chi connectivity index (χ3n) is 4.41. The molecule has 0 bridgehead atoms. The van der Waals surface area contributed by atoms with Crippen LogP contribution in [0.25, 0.3) is 0 Å². The Balaban J connectivity index is 2.00. The van der Waals surface area contributed by atoms with Crippen LogP contribution in [0.2, 0.25) is 5.28 Å². The number of hydrogen-bond acceptors (Lipinski definition) is 5. The Morgan fingerprint density at radius 1 is 1.18 bits per heavy atom. The number of halogens is 1. The molecule has 0 unspecified atom stereocenters. The van der Waals surface area contributed by atoms with Gasteiger partial charge in [-0.15, -0.1) is 0 Å². The van der Waals surface area contributed by atoms with E-state index in [1.165, 1.54) is 0 Å². The summed E-state index contributed by atoms with van der Waals surface area (Å²) in [4.78, 5) is 11.7. The van der Waals surface area contributed by atoms with E-state index in [9.17, 15) is 0 Å². The minimum Gasteiger partial charge on any atom is -0.368 e. The first-order valence-corrected chi connectivity index (χ1v) is 6.04. The predicted molar refractivity (Wildman–Crippen MR) is 68.8 cm³/mol. The minimum atomic E-state index is 0.120. The maximum Gasteiger partial charge on any atom is 0.228 e. The molecule has 6 heteroatoms. The lowest BCUT2D eigenvalue weighted by molar-refractivity contribution is 0.457. The number of nitrogens with zero attached hydrogens (tertiary/aromatic N) is 3. The fourth-order valence-corrected chi connectivity index (χ4v) is 2.65. The smallest absolute Gasteiger partial charge is 0.228 e. The van der Waals surface area contributed by atoms with Gasteiger partial charge in [0.05, 0.1) is 0 Å². The number of hydrogen-bond donors (Lipinski definition) is 2. The number of nitrogens with two attached hydrogens (primary N) is 1. The molecule has 0 aliphatic heterocycles. The highest BCUT2D eigenvalue weighted by Gasteiger charge is 2.64. The molecule has 1 heterocycles. The van der Waals surface area contributed by atoms with Crippen molar-refractivity contribution in [3.8, 4) is 0 Å². The number of aromatic nitrogens is 3. The molecule has 0 amide bonds. The highest BCUT2D eigenvalue weighted by Crippen LogP contribution is 2.68. The molecule has 0 radical (unpaired) electrons. The summed E-state index contributed by atoms with van der Waals surface area (Å²) in [6.07, 6.45) is 0. The zero-order valence-electron chi connectivity index (χ0n) is 10.6. The minimum absolute atomic E-state index is 0.120. The molecular weight excluding hydrogens is 238 g/mol. The fourth-order valence-electron chi connectivity index (χ4n) is 2.48. The Morgan fingerprint density at radius 3 is 2.24 bits per heavy atom. The number of nitrogen functional groups attached to an aromatic ring is 1. The molecule has 1 aliphatic rings. The van der Waals surface area contributed by atoms with E-state index in [1.807, 2.05) is 0 Å². The zero-order chi connectivity index (χ0) is 12.8. The Bertz CT molecular complexity index is 409. The topological polar surface area (TPSA) is 76.7 Å². The van der Waals surface area contributed by atoms with E-state index < -0.39 is 0 Å². The molecule has 1 aliphatic carbocycles. The van der Waals surface area contributed by atoms with Crippen LogP contribution in [-0.2, 0) is 0 Å². The van der Waals surface area contributed by atoms with Gasteiger partial charge < -0.3 is 11.1 Å². The highest BCUT2D eigenvalue weighted by molar-refractivity contribution is 6.28. The molecule has 5 nitrogen and oxygen atoms in total. The summed E-state index contributed by atoms with van der Waals surface area (Å²) in [7, 11) is 0. The Kier molecular flexibility index (Phi) is 2.69. The normalized spacial score (nSPS) is 21.2. The average molecular weight is 256 g/mol. The molecule has 0 spiro atoms. The molecule has 0 atom stereocenters. The second kappa shape index (κ2) is 3.70. The van der Waals surface area contributed by atoms with Crippen molar-refractivity contribution in [1.29, 1.82) is 0 Å². The standard InChI is InChI=1S/C11H18ClN5/c1-10(2)6(11(10,3)4)5-14-9-16-7(12)15-8(13)17-9/h6H,5H2,1-4H3,(H3,13,14,15,16,17). The number of rotatable bonds is 3. The van der Waals surface area contributed by atoms with Gasteiger partial charge in [0.2, 0.25) is 17.2 Å². The van der Waals surface area contributed by atoms with Crippen molar-refractivity contribution in [1.82, 2.24) is 15.0 Å². The quantitative estimate of drug-likeness (QED) is 0.866. The van der Waals surface area contributed by atoms with Crippen molar-refractivity contribution >= 4 is 23.5 Å². The summed E-state index contributed by atoms with van der Waals surface area (Å²) in [5.74, 6) is 1.18. The molecule has 94 valence electrons. The van der Waals surface area contributed by atoms with E-state index in [2.05, 4.69) is 48.0 Å². The summed E-state index contributed by atoms with van der Waals surface area (Å²) in [5.41, 5.74) is 6.17. The van der Waals surface area contributed by atoms with Gasteiger partial charge in [0.15, 0.2) is 0 Å². The first-order chi connectivity index (χ1) is 7.75. The molecule has 2 rings (SSSR count). The van der Waals surface area contributed by atoms with Crippen LogP contribution in [0.4, 0.5) is 11.9 Å². The lowest BCUT2D eigenvalue weighted by Gasteiger charge is -2.06. The van der Waals surface area contributed by atoms with Gasteiger partial charge in [-0.1, -0.05) is 27.7 Å². The predicted octanol–water partition coefficient (Wildman–Crippen LogP) is 2.20. The van der Waals surface area contributed by atoms with Crippen LogP contribution in [-0.4, -0.2) is 21.5 Å². The van der Waals surface area contributed by atoms with Crippen molar-refractivity contribution in [3.05, 3.63) is 5.28 Å². The second-order valence-corrected chi connectivity index (χ2v) is 6.00. The van der Waals surface area contributed by atoms with Crippen LogP contribution >= 0.6 is 11.6 Å². The van der Waals surface area contributed by atoms with Crippen molar-refractivity contribution in [3.63, 3.8) is 0 Å². The Labute approximate surface area is 106 Å². The fraction of sp³-hybridized carbons (Fsp3) is 0.727.